The molecule has 0 amide bonds. The van der Waals surface area contributed by atoms with Crippen molar-refractivity contribution in [2.75, 3.05) is 17.2 Å². The molecule has 0 aliphatic rings. The second kappa shape index (κ2) is 2.76. The molecule has 0 aliphatic heterocycles. The van der Waals surface area contributed by atoms with E-state index in [-0.39, 0.29) is 23.8 Å². The number of hydrogen-bond donors (Lipinski definition) is 3. The normalized spacial score (nSPS) is 10.3. The Morgan fingerprint density at radius 1 is 0.857 bits per heavy atom. The maximum absolute atomic E-state index is 5.45. The Morgan fingerprint density at radius 2 is 1.50 bits per heavy atom. The number of hydrogen-bond acceptors (Lipinski definition) is 9. The summed E-state index contributed by atoms with van der Waals surface area (Å²) < 4.78 is 1.11. The summed E-state index contributed by atoms with van der Waals surface area (Å²) in [5, 5.41) is 17.9. The smallest absolute Gasteiger partial charge is 0.292 e. The van der Waals surface area contributed by atoms with Gasteiger partial charge >= 0.3 is 0 Å². The van der Waals surface area contributed by atoms with E-state index in [1.807, 2.05) is 0 Å². The molecule has 0 atom stereocenters. The van der Waals surface area contributed by atoms with Crippen LogP contribution in [0, 0.1) is 0 Å². The van der Waals surface area contributed by atoms with Crippen molar-refractivity contribution in [1.82, 2.24) is 35.2 Å². The van der Waals surface area contributed by atoms with Crippen LogP contribution in [-0.2, 0) is 0 Å². The van der Waals surface area contributed by atoms with Gasteiger partial charge in [-0.3, -0.25) is 0 Å². The van der Waals surface area contributed by atoms with Crippen LogP contribution in [0.3, 0.4) is 0 Å². The van der Waals surface area contributed by atoms with Gasteiger partial charge in [-0.1, -0.05) is 0 Å². The Kier molecular flexibility index (Phi) is 1.59. The highest BCUT2D eigenvalue weighted by molar-refractivity contribution is 5.32. The minimum Gasteiger partial charge on any atom is -0.368 e. The third-order valence-corrected chi connectivity index (χ3v) is 1.32. The molecule has 0 bridgehead atoms. The summed E-state index contributed by atoms with van der Waals surface area (Å²) in [6.45, 7) is 0. The minimum atomic E-state index is -0.0413. The molecule has 0 saturated carbocycles. The molecule has 14 heavy (non-hydrogen) atoms. The predicted molar refractivity (Wildman–Crippen MR) is 45.8 cm³/mol. The molecule has 0 fully saturated rings. The fraction of sp³-hybridized carbons (Fsp3) is 0. The lowest BCUT2D eigenvalue weighted by Gasteiger charge is -1.96. The van der Waals surface area contributed by atoms with Gasteiger partial charge in [0, 0.05) is 0 Å². The summed E-state index contributed by atoms with van der Waals surface area (Å²) >= 11 is 0. The van der Waals surface area contributed by atoms with Crippen LogP contribution in [0.5, 0.6) is 0 Å². The molecule has 0 aromatic carbocycles. The van der Waals surface area contributed by atoms with E-state index in [1.165, 1.54) is 0 Å². The van der Waals surface area contributed by atoms with E-state index >= 15 is 0 Å². The second-order valence-electron chi connectivity index (χ2n) is 2.30. The van der Waals surface area contributed by atoms with Crippen molar-refractivity contribution >= 4 is 17.8 Å². The third kappa shape index (κ3) is 1.24. The zero-order valence-electron chi connectivity index (χ0n) is 6.86. The molecule has 10 heteroatoms. The Bertz CT molecular complexity index is 442. The van der Waals surface area contributed by atoms with E-state index in [9.17, 15) is 0 Å². The molecule has 0 spiro atoms. The lowest BCUT2D eigenvalue weighted by atomic mass is 10.9. The van der Waals surface area contributed by atoms with E-state index < -0.39 is 0 Å². The van der Waals surface area contributed by atoms with Gasteiger partial charge in [-0.25, -0.2) is 0 Å². The topological polar surface area (TPSA) is 160 Å². The van der Waals surface area contributed by atoms with Crippen LogP contribution in [0.25, 0.3) is 5.95 Å². The van der Waals surface area contributed by atoms with E-state index in [1.54, 1.807) is 0 Å². The molecular weight excluding hydrogens is 188 g/mol. The second-order valence-corrected chi connectivity index (χ2v) is 2.30. The Labute approximate surface area is 77.2 Å². The standard InChI is InChI=1S/C4H6N10/c5-1-8-3(7)14(13-1)4-11-9-2(6)10-12-4/h(H2,6,9,10)(H4,5,7,8,13). The highest BCUT2D eigenvalue weighted by Crippen LogP contribution is 2.05. The van der Waals surface area contributed by atoms with Gasteiger partial charge in [0.15, 0.2) is 0 Å². The van der Waals surface area contributed by atoms with Crippen LogP contribution < -0.4 is 17.2 Å². The van der Waals surface area contributed by atoms with Gasteiger partial charge in [0.25, 0.3) is 11.9 Å². The van der Waals surface area contributed by atoms with Crippen molar-refractivity contribution in [2.45, 2.75) is 0 Å². The summed E-state index contributed by atoms with van der Waals surface area (Å²) in [6.07, 6.45) is 0. The fourth-order valence-corrected chi connectivity index (χ4v) is 0.805. The number of nitrogens with two attached hydrogens (primary N) is 3. The molecular formula is C4H6N10. The zero-order chi connectivity index (χ0) is 10.1. The van der Waals surface area contributed by atoms with Crippen molar-refractivity contribution in [3.8, 4) is 5.95 Å². The summed E-state index contributed by atoms with van der Waals surface area (Å²) in [7, 11) is 0. The largest absolute Gasteiger partial charge is 0.368 e. The average molecular weight is 194 g/mol. The molecule has 0 radical (unpaired) electrons. The molecule has 2 aromatic heterocycles. The number of nitrogen functional groups attached to an aromatic ring is 3. The van der Waals surface area contributed by atoms with E-state index in [0.29, 0.717) is 0 Å². The third-order valence-electron chi connectivity index (χ3n) is 1.32. The number of aromatic nitrogens is 7. The lowest BCUT2D eigenvalue weighted by molar-refractivity contribution is 0.742. The SMILES string of the molecule is Nc1nnc(-n2nc(N)nc2N)nn1. The summed E-state index contributed by atoms with van der Waals surface area (Å²) in [4.78, 5) is 3.65. The van der Waals surface area contributed by atoms with E-state index in [0.717, 1.165) is 4.68 Å². The van der Waals surface area contributed by atoms with Crippen LogP contribution in [0.4, 0.5) is 17.8 Å². The molecule has 6 N–H and O–H groups in total. The summed E-state index contributed by atoms with van der Waals surface area (Å²) in [6, 6.07) is 0. The first-order valence-electron chi connectivity index (χ1n) is 3.48. The van der Waals surface area contributed by atoms with Crippen molar-refractivity contribution in [1.29, 1.82) is 0 Å². The van der Waals surface area contributed by atoms with Crippen LogP contribution in [0.2, 0.25) is 0 Å². The molecule has 2 heterocycles. The van der Waals surface area contributed by atoms with Gasteiger partial charge in [0.2, 0.25) is 11.9 Å². The van der Waals surface area contributed by atoms with Crippen LogP contribution in [-0.4, -0.2) is 35.2 Å². The zero-order valence-corrected chi connectivity index (χ0v) is 6.86. The highest BCUT2D eigenvalue weighted by atomic mass is 15.5. The molecule has 0 aliphatic carbocycles. The number of nitrogens with zero attached hydrogens (tertiary/aromatic N) is 7. The van der Waals surface area contributed by atoms with Gasteiger partial charge in [-0.15, -0.1) is 25.5 Å². The maximum Gasteiger partial charge on any atom is 0.292 e. The Morgan fingerprint density at radius 3 is 2.00 bits per heavy atom. The molecule has 10 nitrogen and oxygen atoms in total. The van der Waals surface area contributed by atoms with Gasteiger partial charge in [-0.05, 0) is 0 Å². The quantitative estimate of drug-likeness (QED) is 0.449. The molecule has 2 aromatic rings. The van der Waals surface area contributed by atoms with Gasteiger partial charge < -0.3 is 17.2 Å². The summed E-state index contributed by atoms with van der Waals surface area (Å²) in [5.41, 5.74) is 16.0. The lowest BCUT2D eigenvalue weighted by Crippen LogP contribution is -2.11. The van der Waals surface area contributed by atoms with E-state index in [4.69, 9.17) is 17.2 Å². The van der Waals surface area contributed by atoms with Crippen molar-refractivity contribution in [3.63, 3.8) is 0 Å². The molecule has 0 saturated heterocycles. The monoisotopic (exact) mass is 194 g/mol. The maximum atomic E-state index is 5.45. The van der Waals surface area contributed by atoms with Crippen molar-refractivity contribution < 1.29 is 0 Å². The van der Waals surface area contributed by atoms with Crippen LogP contribution in [0.15, 0.2) is 0 Å². The first-order chi connectivity index (χ1) is 6.66. The molecule has 72 valence electrons. The molecule has 0 unspecified atom stereocenters. The molecule has 2 rings (SSSR count). The first kappa shape index (κ1) is 8.10. The van der Waals surface area contributed by atoms with E-state index in [2.05, 4.69) is 30.5 Å². The first-order valence-corrected chi connectivity index (χ1v) is 3.48. The van der Waals surface area contributed by atoms with Crippen molar-refractivity contribution in [2.24, 2.45) is 0 Å². The van der Waals surface area contributed by atoms with Gasteiger partial charge in [0.05, 0.1) is 0 Å². The predicted octanol–water partition coefficient (Wildman–Crippen LogP) is -2.41. The van der Waals surface area contributed by atoms with Gasteiger partial charge in [-0.2, -0.15) is 9.67 Å². The average Bonchev–Trinajstić information content (AvgIpc) is 2.47. The fourth-order valence-electron chi connectivity index (χ4n) is 0.805. The number of rotatable bonds is 1. The summed E-state index contributed by atoms with van der Waals surface area (Å²) in [5.74, 6) is 0.0834. The van der Waals surface area contributed by atoms with Gasteiger partial charge in [0.1, 0.15) is 0 Å². The highest BCUT2D eigenvalue weighted by Gasteiger charge is 2.09. The van der Waals surface area contributed by atoms with Crippen molar-refractivity contribution in [3.05, 3.63) is 0 Å². The number of anilines is 3. The van der Waals surface area contributed by atoms with Crippen LogP contribution in [0.1, 0.15) is 0 Å². The Balaban J connectivity index is 2.49. The van der Waals surface area contributed by atoms with Crippen LogP contribution >= 0.6 is 0 Å². The Hall–Kier alpha value is -2.52. The minimum absolute atomic E-state index is 0.0166.